The van der Waals surface area contributed by atoms with Crippen LogP contribution in [0.3, 0.4) is 0 Å². The van der Waals surface area contributed by atoms with E-state index in [0.29, 0.717) is 13.0 Å². The lowest BCUT2D eigenvalue weighted by Crippen LogP contribution is -2.48. The second-order valence-corrected chi connectivity index (χ2v) is 7.66. The molecule has 1 fully saturated rings. The molecule has 0 aliphatic carbocycles. The first-order valence-corrected chi connectivity index (χ1v) is 10.5. The van der Waals surface area contributed by atoms with Crippen molar-refractivity contribution in [2.24, 2.45) is 0 Å². The molecule has 0 spiro atoms. The fourth-order valence-corrected chi connectivity index (χ4v) is 3.75. The van der Waals surface area contributed by atoms with Crippen molar-refractivity contribution in [3.05, 3.63) is 60.7 Å². The third-order valence-electron chi connectivity index (χ3n) is 4.60. The minimum Gasteiger partial charge on any atom is -0.369 e. The first kappa shape index (κ1) is 20.2. The monoisotopic (exact) mass is 398 g/mol. The van der Waals surface area contributed by atoms with Crippen LogP contribution in [0, 0.1) is 0 Å². The van der Waals surface area contributed by atoms with Crippen molar-refractivity contribution in [2.75, 3.05) is 43.4 Å². The van der Waals surface area contributed by atoms with Crippen LogP contribution in [0.5, 0.6) is 0 Å². The second-order valence-electron chi connectivity index (χ2n) is 6.61. The average Bonchev–Trinajstić information content (AvgIpc) is 2.76. The van der Waals surface area contributed by atoms with E-state index in [2.05, 4.69) is 44.9 Å². The molecule has 1 aliphatic rings. The molecule has 148 valence electrons. The summed E-state index contributed by atoms with van der Waals surface area (Å²) in [6.07, 6.45) is 0.372. The number of para-hydroxylation sites is 1. The van der Waals surface area contributed by atoms with Gasteiger partial charge in [-0.05, 0) is 24.3 Å². The summed E-state index contributed by atoms with van der Waals surface area (Å²) in [5, 5.41) is 0. The summed E-state index contributed by atoms with van der Waals surface area (Å²) in [6, 6.07) is 20.1. The molecule has 6 nitrogen and oxygen atoms in total. The normalized spacial score (nSPS) is 14.5. The fraction of sp³-hybridized carbons (Fsp3) is 0.333. The number of thioether (sulfide) groups is 1. The molecule has 0 radical (unpaired) electrons. The van der Waals surface area contributed by atoms with E-state index in [1.54, 1.807) is 0 Å². The van der Waals surface area contributed by atoms with Crippen LogP contribution < -0.4 is 15.8 Å². The zero-order valence-corrected chi connectivity index (χ0v) is 16.7. The van der Waals surface area contributed by atoms with Crippen LogP contribution >= 0.6 is 11.8 Å². The van der Waals surface area contributed by atoms with Crippen LogP contribution in [0.15, 0.2) is 65.6 Å². The van der Waals surface area contributed by atoms with Crippen molar-refractivity contribution in [1.82, 2.24) is 15.8 Å². The molecule has 0 saturated carbocycles. The van der Waals surface area contributed by atoms with Gasteiger partial charge in [-0.25, -0.2) is 0 Å². The van der Waals surface area contributed by atoms with Crippen LogP contribution in [0.4, 0.5) is 5.69 Å². The molecule has 0 aromatic heterocycles. The number of hydrazine groups is 1. The van der Waals surface area contributed by atoms with Crippen LogP contribution in [0.2, 0.25) is 0 Å². The highest BCUT2D eigenvalue weighted by molar-refractivity contribution is 8.00. The maximum absolute atomic E-state index is 12.0. The van der Waals surface area contributed by atoms with E-state index in [0.717, 1.165) is 31.1 Å². The Labute approximate surface area is 170 Å². The van der Waals surface area contributed by atoms with E-state index in [9.17, 15) is 9.59 Å². The summed E-state index contributed by atoms with van der Waals surface area (Å²) in [6.45, 7) is 4.48. The van der Waals surface area contributed by atoms with Gasteiger partial charge in [0.25, 0.3) is 0 Å². The Hall–Kier alpha value is -2.51. The maximum Gasteiger partial charge on any atom is 0.248 e. The number of nitrogens with zero attached hydrogens (tertiary/aromatic N) is 2. The summed E-state index contributed by atoms with van der Waals surface area (Å²) < 4.78 is 0. The zero-order valence-electron chi connectivity index (χ0n) is 15.8. The van der Waals surface area contributed by atoms with Gasteiger partial charge in [-0.15, -0.1) is 11.8 Å². The molecule has 2 amide bonds. The van der Waals surface area contributed by atoms with Gasteiger partial charge >= 0.3 is 0 Å². The van der Waals surface area contributed by atoms with E-state index in [1.165, 1.54) is 17.4 Å². The van der Waals surface area contributed by atoms with Gasteiger partial charge in [-0.2, -0.15) is 0 Å². The minimum atomic E-state index is -0.210. The SMILES string of the molecule is O=C(CCN1CCN(c2ccccc2)CC1)NNC(=O)CSc1ccccc1. The van der Waals surface area contributed by atoms with Gasteiger partial charge in [0, 0.05) is 49.7 Å². The molecule has 2 aromatic rings. The van der Waals surface area contributed by atoms with Gasteiger partial charge in [0.1, 0.15) is 0 Å². The molecule has 1 aliphatic heterocycles. The number of nitrogens with one attached hydrogen (secondary N) is 2. The van der Waals surface area contributed by atoms with Gasteiger partial charge in [0.15, 0.2) is 0 Å². The molecule has 0 bridgehead atoms. The second kappa shape index (κ2) is 10.7. The van der Waals surface area contributed by atoms with E-state index in [-0.39, 0.29) is 17.6 Å². The lowest BCUT2D eigenvalue weighted by Gasteiger charge is -2.36. The molecule has 0 atom stereocenters. The summed E-state index contributed by atoms with van der Waals surface area (Å²) in [7, 11) is 0. The van der Waals surface area contributed by atoms with Crippen molar-refractivity contribution in [3.8, 4) is 0 Å². The maximum atomic E-state index is 12.0. The highest BCUT2D eigenvalue weighted by atomic mass is 32.2. The molecule has 2 aromatic carbocycles. The number of carbonyl (C=O) groups excluding carboxylic acids is 2. The lowest BCUT2D eigenvalue weighted by molar-refractivity contribution is -0.127. The van der Waals surface area contributed by atoms with Crippen molar-refractivity contribution in [1.29, 1.82) is 0 Å². The van der Waals surface area contributed by atoms with E-state index in [4.69, 9.17) is 0 Å². The molecule has 7 heteroatoms. The molecule has 0 unspecified atom stereocenters. The Bertz CT molecular complexity index is 750. The molecule has 28 heavy (non-hydrogen) atoms. The number of rotatable bonds is 7. The lowest BCUT2D eigenvalue weighted by atomic mass is 10.2. The Kier molecular flexibility index (Phi) is 7.75. The van der Waals surface area contributed by atoms with Gasteiger partial charge < -0.3 is 4.90 Å². The van der Waals surface area contributed by atoms with Gasteiger partial charge in [0.2, 0.25) is 11.8 Å². The highest BCUT2D eigenvalue weighted by Crippen LogP contribution is 2.16. The molecule has 3 rings (SSSR count). The smallest absolute Gasteiger partial charge is 0.248 e. The zero-order chi connectivity index (χ0) is 19.6. The molecular weight excluding hydrogens is 372 g/mol. The molecule has 1 saturated heterocycles. The molecule has 2 N–H and O–H groups in total. The first-order valence-electron chi connectivity index (χ1n) is 9.48. The number of carbonyl (C=O) groups is 2. The van der Waals surface area contributed by atoms with Crippen LogP contribution in [0.25, 0.3) is 0 Å². The van der Waals surface area contributed by atoms with Gasteiger partial charge in [-0.1, -0.05) is 36.4 Å². The van der Waals surface area contributed by atoms with Crippen LogP contribution in [0.1, 0.15) is 6.42 Å². The van der Waals surface area contributed by atoms with Gasteiger partial charge in [0.05, 0.1) is 5.75 Å². The third kappa shape index (κ3) is 6.58. The van der Waals surface area contributed by atoms with Crippen molar-refractivity contribution in [3.63, 3.8) is 0 Å². The Morgan fingerprint density at radius 2 is 1.43 bits per heavy atom. The molecular formula is C21H26N4O2S. The van der Waals surface area contributed by atoms with E-state index in [1.807, 2.05) is 36.4 Å². The fourth-order valence-electron chi connectivity index (χ4n) is 3.03. The number of piperazine rings is 1. The summed E-state index contributed by atoms with van der Waals surface area (Å²) in [5.41, 5.74) is 6.23. The summed E-state index contributed by atoms with van der Waals surface area (Å²) in [5.74, 6) is -0.103. The van der Waals surface area contributed by atoms with Gasteiger partial charge in [-0.3, -0.25) is 25.3 Å². The standard InChI is InChI=1S/C21H26N4O2S/c26-20(22-23-21(27)17-28-19-9-5-2-6-10-19)11-12-24-13-15-25(16-14-24)18-7-3-1-4-8-18/h1-10H,11-17H2,(H,22,26)(H,23,27). The Balaban J connectivity index is 1.28. The quantitative estimate of drug-likeness (QED) is 0.553. The number of benzene rings is 2. The third-order valence-corrected chi connectivity index (χ3v) is 5.62. The largest absolute Gasteiger partial charge is 0.369 e. The summed E-state index contributed by atoms with van der Waals surface area (Å²) in [4.78, 5) is 29.5. The highest BCUT2D eigenvalue weighted by Gasteiger charge is 2.17. The topological polar surface area (TPSA) is 64.7 Å². The Morgan fingerprint density at radius 3 is 2.11 bits per heavy atom. The number of hydrogen-bond donors (Lipinski definition) is 2. The van der Waals surface area contributed by atoms with Crippen molar-refractivity contribution < 1.29 is 9.59 Å². The Morgan fingerprint density at radius 1 is 0.821 bits per heavy atom. The molecule has 1 heterocycles. The number of hydrogen-bond acceptors (Lipinski definition) is 5. The minimum absolute atomic E-state index is 0.163. The predicted molar refractivity (Wildman–Crippen MR) is 113 cm³/mol. The van der Waals surface area contributed by atoms with E-state index >= 15 is 0 Å². The van der Waals surface area contributed by atoms with Crippen LogP contribution in [-0.2, 0) is 9.59 Å². The summed E-state index contributed by atoms with van der Waals surface area (Å²) >= 11 is 1.44. The van der Waals surface area contributed by atoms with Crippen LogP contribution in [-0.4, -0.2) is 55.2 Å². The first-order chi connectivity index (χ1) is 13.7. The average molecular weight is 399 g/mol. The van der Waals surface area contributed by atoms with Crippen molar-refractivity contribution >= 4 is 29.3 Å². The van der Waals surface area contributed by atoms with E-state index < -0.39 is 0 Å². The number of anilines is 1. The predicted octanol–water partition coefficient (Wildman–Crippen LogP) is 2.14. The number of amides is 2. The van der Waals surface area contributed by atoms with Crippen molar-refractivity contribution in [2.45, 2.75) is 11.3 Å².